The summed E-state index contributed by atoms with van der Waals surface area (Å²) in [6.07, 6.45) is 2.12. The maximum Gasteiger partial charge on any atom is 0.145 e. The Labute approximate surface area is 149 Å². The second-order valence-corrected chi connectivity index (χ2v) is 7.87. The normalized spacial score (nSPS) is 12.5. The maximum atomic E-state index is 5.88. The Bertz CT molecular complexity index is 348. The number of alkyl halides is 1. The van der Waals surface area contributed by atoms with Gasteiger partial charge < -0.3 is 4.74 Å². The van der Waals surface area contributed by atoms with Gasteiger partial charge in [-0.1, -0.05) is 6.92 Å². The molecule has 0 saturated heterocycles. The van der Waals surface area contributed by atoms with E-state index in [-0.39, 0.29) is 0 Å². The monoisotopic (exact) mass is 590 g/mol. The number of benzene rings is 1. The summed E-state index contributed by atoms with van der Waals surface area (Å²) in [6.45, 7) is 2.99. The number of rotatable bonds is 6. The summed E-state index contributed by atoms with van der Waals surface area (Å²) >= 11 is 12.7. The quantitative estimate of drug-likeness (QED) is 0.313. The average molecular weight is 590 g/mol. The number of hydrogen-bond acceptors (Lipinski definition) is 1. The third kappa shape index (κ3) is 5.99. The van der Waals surface area contributed by atoms with Crippen molar-refractivity contribution in [1.82, 2.24) is 0 Å². The topological polar surface area (TPSA) is 9.23 Å². The molecule has 1 aromatic carbocycles. The zero-order valence-electron chi connectivity index (χ0n) is 9.48. The smallest absolute Gasteiger partial charge is 0.145 e. The molecular formula is C12H14ClI3O. The molecule has 1 aromatic rings. The Kier molecular flexibility index (Phi) is 8.40. The number of halogens is 4. The molecule has 1 unspecified atom stereocenters. The third-order valence-corrected chi connectivity index (χ3v) is 4.87. The van der Waals surface area contributed by atoms with E-state index in [1.54, 1.807) is 0 Å². The maximum absolute atomic E-state index is 5.88. The van der Waals surface area contributed by atoms with Gasteiger partial charge in [0, 0.05) is 9.45 Å². The van der Waals surface area contributed by atoms with Gasteiger partial charge in [-0.3, -0.25) is 0 Å². The minimum atomic E-state index is 0.631. The van der Waals surface area contributed by atoms with Gasteiger partial charge in [0.05, 0.1) is 13.7 Å². The molecule has 96 valence electrons. The molecule has 0 fully saturated rings. The minimum Gasteiger partial charge on any atom is -0.491 e. The summed E-state index contributed by atoms with van der Waals surface area (Å²) in [5.74, 6) is 2.39. The molecule has 1 atom stereocenters. The summed E-state index contributed by atoms with van der Waals surface area (Å²) in [5, 5.41) is 0. The molecular weight excluding hydrogens is 576 g/mol. The molecule has 0 heterocycles. The Balaban J connectivity index is 2.52. The summed E-state index contributed by atoms with van der Waals surface area (Å²) in [7, 11) is 0. The first-order valence-corrected chi connectivity index (χ1v) is 9.15. The van der Waals surface area contributed by atoms with E-state index >= 15 is 0 Å². The fourth-order valence-corrected chi connectivity index (χ4v) is 5.63. The molecule has 5 heteroatoms. The first kappa shape index (κ1) is 16.6. The van der Waals surface area contributed by atoms with Crippen LogP contribution >= 0.6 is 79.4 Å². The first-order chi connectivity index (χ1) is 8.04. The predicted molar refractivity (Wildman–Crippen MR) is 99.2 cm³/mol. The average Bonchev–Trinajstić information content (AvgIpc) is 2.22. The van der Waals surface area contributed by atoms with Gasteiger partial charge in [-0.05, 0) is 98.7 Å². The van der Waals surface area contributed by atoms with E-state index < -0.39 is 0 Å². The van der Waals surface area contributed by atoms with Crippen molar-refractivity contribution in [3.8, 4) is 5.75 Å². The molecule has 0 N–H and O–H groups in total. The highest BCUT2D eigenvalue weighted by Crippen LogP contribution is 2.29. The van der Waals surface area contributed by atoms with Crippen LogP contribution in [0, 0.1) is 16.6 Å². The lowest BCUT2D eigenvalue weighted by molar-refractivity contribution is 0.278. The zero-order chi connectivity index (χ0) is 12.8. The van der Waals surface area contributed by atoms with Crippen LogP contribution in [0.4, 0.5) is 0 Å². The summed E-state index contributed by atoms with van der Waals surface area (Å²) < 4.78 is 9.50. The Morgan fingerprint density at radius 2 is 1.76 bits per heavy atom. The van der Waals surface area contributed by atoms with Crippen LogP contribution in [0.2, 0.25) is 0 Å². The molecule has 0 spiro atoms. The molecule has 17 heavy (non-hydrogen) atoms. The largest absolute Gasteiger partial charge is 0.491 e. The second-order valence-electron chi connectivity index (χ2n) is 3.92. The highest BCUT2D eigenvalue weighted by Gasteiger charge is 2.09. The molecule has 0 aliphatic heterocycles. The van der Waals surface area contributed by atoms with Crippen molar-refractivity contribution in [2.75, 3.05) is 12.5 Å². The van der Waals surface area contributed by atoms with Crippen molar-refractivity contribution < 1.29 is 4.74 Å². The van der Waals surface area contributed by atoms with Crippen LogP contribution in [0.3, 0.4) is 0 Å². The fraction of sp³-hybridized carbons (Fsp3) is 0.500. The van der Waals surface area contributed by atoms with Crippen molar-refractivity contribution in [3.05, 3.63) is 22.8 Å². The van der Waals surface area contributed by atoms with Crippen LogP contribution in [0.15, 0.2) is 12.1 Å². The van der Waals surface area contributed by atoms with E-state index in [0.29, 0.717) is 5.92 Å². The lowest BCUT2D eigenvalue weighted by Gasteiger charge is -2.13. The van der Waals surface area contributed by atoms with E-state index in [1.807, 2.05) is 0 Å². The SMILES string of the molecule is CC(CCCl)CCOc1c(I)cc(I)cc1I. The summed E-state index contributed by atoms with van der Waals surface area (Å²) in [4.78, 5) is 0. The molecule has 0 radical (unpaired) electrons. The highest BCUT2D eigenvalue weighted by molar-refractivity contribution is 14.1. The Morgan fingerprint density at radius 1 is 1.18 bits per heavy atom. The van der Waals surface area contributed by atoms with Gasteiger partial charge in [-0.25, -0.2) is 0 Å². The second kappa shape index (κ2) is 8.63. The van der Waals surface area contributed by atoms with Crippen LogP contribution in [-0.4, -0.2) is 12.5 Å². The summed E-state index contributed by atoms with van der Waals surface area (Å²) in [6, 6.07) is 4.28. The van der Waals surface area contributed by atoms with E-state index in [4.69, 9.17) is 16.3 Å². The van der Waals surface area contributed by atoms with Gasteiger partial charge in [-0.2, -0.15) is 0 Å². The third-order valence-electron chi connectivity index (χ3n) is 2.42. The summed E-state index contributed by atoms with van der Waals surface area (Å²) in [5.41, 5.74) is 0. The van der Waals surface area contributed by atoms with Gasteiger partial charge in [-0.15, -0.1) is 11.6 Å². The van der Waals surface area contributed by atoms with Crippen molar-refractivity contribution in [1.29, 1.82) is 0 Å². The van der Waals surface area contributed by atoms with Crippen LogP contribution in [0.1, 0.15) is 19.8 Å². The van der Waals surface area contributed by atoms with Crippen LogP contribution in [-0.2, 0) is 0 Å². The van der Waals surface area contributed by atoms with Crippen molar-refractivity contribution in [2.24, 2.45) is 5.92 Å². The molecule has 0 amide bonds. The molecule has 0 aliphatic carbocycles. The van der Waals surface area contributed by atoms with Crippen molar-refractivity contribution in [2.45, 2.75) is 19.8 Å². The van der Waals surface area contributed by atoms with E-state index in [9.17, 15) is 0 Å². The van der Waals surface area contributed by atoms with E-state index in [0.717, 1.165) is 31.1 Å². The standard InChI is InChI=1S/C12H14ClI3O/c1-8(2-4-13)3-5-17-12-10(15)6-9(14)7-11(12)16/h6-8H,2-5H2,1H3. The van der Waals surface area contributed by atoms with Crippen molar-refractivity contribution in [3.63, 3.8) is 0 Å². The van der Waals surface area contributed by atoms with Crippen LogP contribution < -0.4 is 4.74 Å². The van der Waals surface area contributed by atoms with Gasteiger partial charge in [0.25, 0.3) is 0 Å². The highest BCUT2D eigenvalue weighted by atomic mass is 127. The molecule has 1 nitrogen and oxygen atoms in total. The number of ether oxygens (including phenoxy) is 1. The molecule has 0 saturated carbocycles. The van der Waals surface area contributed by atoms with Gasteiger partial charge in [0.15, 0.2) is 0 Å². The fourth-order valence-electron chi connectivity index (χ4n) is 1.36. The molecule has 1 rings (SSSR count). The lowest BCUT2D eigenvalue weighted by Crippen LogP contribution is -2.06. The lowest BCUT2D eigenvalue weighted by atomic mass is 10.1. The van der Waals surface area contributed by atoms with E-state index in [2.05, 4.69) is 86.8 Å². The van der Waals surface area contributed by atoms with Gasteiger partial charge >= 0.3 is 0 Å². The predicted octanol–water partition coefficient (Wildman–Crippen LogP) is 5.53. The van der Waals surface area contributed by atoms with E-state index in [1.165, 1.54) is 10.7 Å². The molecule has 0 bridgehead atoms. The Morgan fingerprint density at radius 3 is 2.29 bits per heavy atom. The van der Waals surface area contributed by atoms with Gasteiger partial charge in [0.1, 0.15) is 5.75 Å². The number of hydrogen-bond donors (Lipinski definition) is 0. The Hall–Kier alpha value is 1.50. The minimum absolute atomic E-state index is 0.631. The van der Waals surface area contributed by atoms with Crippen LogP contribution in [0.25, 0.3) is 0 Å². The first-order valence-electron chi connectivity index (χ1n) is 5.38. The van der Waals surface area contributed by atoms with Gasteiger partial charge in [0.2, 0.25) is 0 Å². The zero-order valence-corrected chi connectivity index (χ0v) is 16.7. The molecule has 0 aliphatic rings. The van der Waals surface area contributed by atoms with Crippen LogP contribution in [0.5, 0.6) is 5.75 Å². The molecule has 0 aromatic heterocycles. The van der Waals surface area contributed by atoms with Crippen molar-refractivity contribution >= 4 is 79.4 Å².